The minimum atomic E-state index is -0.391. The summed E-state index contributed by atoms with van der Waals surface area (Å²) in [5.74, 6) is -0.758. The molecule has 1 aromatic rings. The number of hydrogen-bond acceptors (Lipinski definition) is 3. The molecule has 3 N–H and O–H groups in total. The molecular weight excluding hydrogens is 290 g/mol. The largest absolute Gasteiger partial charge is 0.362 e. The van der Waals surface area contributed by atoms with Crippen molar-refractivity contribution in [2.45, 2.75) is 26.7 Å². The van der Waals surface area contributed by atoms with Crippen LogP contribution >= 0.6 is 0 Å². The first-order chi connectivity index (χ1) is 10.9. The normalized spacial score (nSPS) is 15.3. The maximum atomic E-state index is 12.5. The molecule has 0 fully saturated rings. The molecule has 0 spiro atoms. The minimum absolute atomic E-state index is 0.183. The number of dihydropyridines is 1. The summed E-state index contributed by atoms with van der Waals surface area (Å²) in [5, 5.41) is 8.54. The molecule has 0 saturated heterocycles. The summed E-state index contributed by atoms with van der Waals surface area (Å²) >= 11 is 0. The first-order valence-corrected chi connectivity index (χ1v) is 7.60. The Balaban J connectivity index is 2.73. The van der Waals surface area contributed by atoms with E-state index in [-0.39, 0.29) is 11.8 Å². The van der Waals surface area contributed by atoms with Gasteiger partial charge in [0.1, 0.15) is 0 Å². The van der Waals surface area contributed by atoms with Crippen LogP contribution in [0.25, 0.3) is 0 Å². The lowest BCUT2D eigenvalue weighted by molar-refractivity contribution is -0.117. The van der Waals surface area contributed by atoms with Crippen LogP contribution in [0.15, 0.2) is 46.8 Å². The Morgan fingerprint density at radius 1 is 0.913 bits per heavy atom. The molecule has 1 aliphatic heterocycles. The van der Waals surface area contributed by atoms with Gasteiger partial charge in [-0.05, 0) is 31.9 Å². The highest BCUT2D eigenvalue weighted by Gasteiger charge is 2.36. The quantitative estimate of drug-likeness (QED) is 0.796. The number of rotatable bonds is 3. The third-order valence-corrected chi connectivity index (χ3v) is 4.20. The zero-order valence-corrected chi connectivity index (χ0v) is 14.2. The number of aryl methyl sites for hydroxylation is 1. The Morgan fingerprint density at radius 3 is 1.83 bits per heavy atom. The van der Waals surface area contributed by atoms with Crippen LogP contribution in [0.5, 0.6) is 0 Å². The maximum absolute atomic E-state index is 12.5. The van der Waals surface area contributed by atoms with Crippen LogP contribution in [0.2, 0.25) is 0 Å². The molecule has 0 unspecified atom stereocenters. The van der Waals surface area contributed by atoms with Gasteiger partial charge in [-0.15, -0.1) is 0 Å². The van der Waals surface area contributed by atoms with Crippen molar-refractivity contribution in [2.24, 2.45) is 0 Å². The van der Waals surface area contributed by atoms with E-state index in [1.807, 2.05) is 45.0 Å². The van der Waals surface area contributed by atoms with Crippen molar-refractivity contribution < 1.29 is 9.59 Å². The summed E-state index contributed by atoms with van der Waals surface area (Å²) < 4.78 is 0. The van der Waals surface area contributed by atoms with Gasteiger partial charge < -0.3 is 16.0 Å². The molecule has 23 heavy (non-hydrogen) atoms. The average molecular weight is 313 g/mol. The summed E-state index contributed by atoms with van der Waals surface area (Å²) in [5.41, 5.74) is 4.69. The fraction of sp³-hybridized carbons (Fsp3) is 0.333. The number of hydrogen-bond donors (Lipinski definition) is 3. The van der Waals surface area contributed by atoms with Gasteiger partial charge in [-0.2, -0.15) is 0 Å². The van der Waals surface area contributed by atoms with Crippen molar-refractivity contribution in [1.29, 1.82) is 0 Å². The molecule has 1 aliphatic rings. The van der Waals surface area contributed by atoms with Crippen LogP contribution in [0.3, 0.4) is 0 Å². The highest BCUT2D eigenvalue weighted by atomic mass is 16.2. The van der Waals surface area contributed by atoms with Crippen LogP contribution in [-0.2, 0) is 9.59 Å². The first-order valence-electron chi connectivity index (χ1n) is 7.60. The molecule has 2 rings (SSSR count). The molecule has 0 saturated carbocycles. The lowest BCUT2D eigenvalue weighted by atomic mass is 9.78. The van der Waals surface area contributed by atoms with Crippen molar-refractivity contribution in [1.82, 2.24) is 16.0 Å². The van der Waals surface area contributed by atoms with Crippen LogP contribution in [0.1, 0.15) is 30.9 Å². The standard InChI is InChI=1S/C18H23N3O2/c1-10-8-6-7-9-13(10)16-14(17(22)19-4)11(2)21-12(3)15(16)18(23)20-5/h6-9,16,21H,1-5H3,(H,19,22)(H,20,23). The maximum Gasteiger partial charge on any atom is 0.249 e. The second-order valence-corrected chi connectivity index (χ2v) is 5.65. The number of amides is 2. The molecule has 5 heteroatoms. The summed E-state index contributed by atoms with van der Waals surface area (Å²) in [7, 11) is 3.20. The highest BCUT2D eigenvalue weighted by molar-refractivity contribution is 6.03. The van der Waals surface area contributed by atoms with E-state index in [0.29, 0.717) is 11.1 Å². The zero-order chi connectivity index (χ0) is 17.1. The number of likely N-dealkylation sites (N-methyl/N-ethyl adjacent to an activating group) is 2. The first kappa shape index (κ1) is 16.8. The molecule has 0 radical (unpaired) electrons. The second kappa shape index (κ2) is 6.69. The van der Waals surface area contributed by atoms with E-state index in [1.54, 1.807) is 14.1 Å². The van der Waals surface area contributed by atoms with Crippen LogP contribution in [-0.4, -0.2) is 25.9 Å². The van der Waals surface area contributed by atoms with Gasteiger partial charge in [0, 0.05) is 42.6 Å². The van der Waals surface area contributed by atoms with Gasteiger partial charge in [-0.1, -0.05) is 24.3 Å². The van der Waals surface area contributed by atoms with Gasteiger partial charge >= 0.3 is 0 Å². The van der Waals surface area contributed by atoms with Crippen molar-refractivity contribution in [3.8, 4) is 0 Å². The Bertz CT molecular complexity index is 679. The van der Waals surface area contributed by atoms with E-state index < -0.39 is 5.92 Å². The Hall–Kier alpha value is -2.56. The molecule has 0 bridgehead atoms. The smallest absolute Gasteiger partial charge is 0.249 e. The third kappa shape index (κ3) is 2.99. The second-order valence-electron chi connectivity index (χ2n) is 5.65. The van der Waals surface area contributed by atoms with Gasteiger partial charge in [0.25, 0.3) is 0 Å². The molecule has 0 atom stereocenters. The van der Waals surface area contributed by atoms with Gasteiger partial charge in [-0.3, -0.25) is 9.59 Å². The van der Waals surface area contributed by atoms with E-state index >= 15 is 0 Å². The monoisotopic (exact) mass is 313 g/mol. The van der Waals surface area contributed by atoms with Crippen LogP contribution in [0.4, 0.5) is 0 Å². The SMILES string of the molecule is CNC(=O)C1=C(C)NC(C)=C(C(=O)NC)C1c1ccccc1C. The van der Waals surface area contributed by atoms with E-state index in [2.05, 4.69) is 16.0 Å². The fourth-order valence-corrected chi connectivity index (χ4v) is 3.09. The molecule has 1 aromatic carbocycles. The molecule has 0 aromatic heterocycles. The molecule has 0 aliphatic carbocycles. The fourth-order valence-electron chi connectivity index (χ4n) is 3.09. The summed E-state index contributed by atoms with van der Waals surface area (Å²) in [4.78, 5) is 24.9. The van der Waals surface area contributed by atoms with Crippen LogP contribution < -0.4 is 16.0 Å². The Kier molecular flexibility index (Phi) is 4.89. The zero-order valence-electron chi connectivity index (χ0n) is 14.2. The van der Waals surface area contributed by atoms with Gasteiger partial charge in [0.15, 0.2) is 0 Å². The molecule has 1 heterocycles. The molecule has 122 valence electrons. The third-order valence-electron chi connectivity index (χ3n) is 4.20. The number of carbonyl (C=O) groups excluding carboxylic acids is 2. The Morgan fingerprint density at radius 2 is 1.39 bits per heavy atom. The number of allylic oxidation sites excluding steroid dienone is 2. The van der Waals surface area contributed by atoms with Gasteiger partial charge in [0.2, 0.25) is 11.8 Å². The van der Waals surface area contributed by atoms with E-state index in [4.69, 9.17) is 0 Å². The van der Waals surface area contributed by atoms with Crippen molar-refractivity contribution >= 4 is 11.8 Å². The van der Waals surface area contributed by atoms with Gasteiger partial charge in [0.05, 0.1) is 0 Å². The summed E-state index contributed by atoms with van der Waals surface area (Å²) in [6, 6.07) is 7.84. The number of nitrogens with one attached hydrogen (secondary N) is 3. The van der Waals surface area contributed by atoms with Crippen molar-refractivity contribution in [3.63, 3.8) is 0 Å². The highest BCUT2D eigenvalue weighted by Crippen LogP contribution is 2.39. The van der Waals surface area contributed by atoms with Crippen molar-refractivity contribution in [2.75, 3.05) is 14.1 Å². The predicted octanol–water partition coefficient (Wildman–Crippen LogP) is 1.72. The van der Waals surface area contributed by atoms with Crippen LogP contribution in [0, 0.1) is 6.92 Å². The Labute approximate surface area is 136 Å². The minimum Gasteiger partial charge on any atom is -0.362 e. The topological polar surface area (TPSA) is 70.2 Å². The number of benzene rings is 1. The summed E-state index contributed by atoms with van der Waals surface area (Å²) in [6.45, 7) is 5.71. The molecular formula is C18H23N3O2. The molecule has 5 nitrogen and oxygen atoms in total. The van der Waals surface area contributed by atoms with E-state index in [0.717, 1.165) is 22.5 Å². The lowest BCUT2D eigenvalue weighted by Gasteiger charge is -2.31. The van der Waals surface area contributed by atoms with E-state index in [1.165, 1.54) is 0 Å². The van der Waals surface area contributed by atoms with E-state index in [9.17, 15) is 9.59 Å². The lowest BCUT2D eigenvalue weighted by Crippen LogP contribution is -2.37. The predicted molar refractivity (Wildman–Crippen MR) is 90.6 cm³/mol. The van der Waals surface area contributed by atoms with Crippen molar-refractivity contribution in [3.05, 3.63) is 57.9 Å². The van der Waals surface area contributed by atoms with Gasteiger partial charge in [-0.25, -0.2) is 0 Å². The number of carbonyl (C=O) groups is 2. The average Bonchev–Trinajstić information content (AvgIpc) is 2.53. The molecule has 2 amide bonds. The summed E-state index contributed by atoms with van der Waals surface area (Å²) in [6.07, 6.45) is 0.